The molecule has 0 saturated heterocycles. The molecule has 0 aliphatic carbocycles. The molecule has 0 aromatic heterocycles. The van der Waals surface area contributed by atoms with Gasteiger partial charge in [0.1, 0.15) is 0 Å². The van der Waals surface area contributed by atoms with Gasteiger partial charge in [0.05, 0.1) is 0 Å². The van der Waals surface area contributed by atoms with Crippen molar-refractivity contribution in [1.29, 1.82) is 0 Å². The van der Waals surface area contributed by atoms with Crippen molar-refractivity contribution in [3.05, 3.63) is 34.9 Å². The molecule has 0 spiro atoms. The minimum absolute atomic E-state index is 0.0337. The van der Waals surface area contributed by atoms with Crippen LogP contribution in [0.1, 0.15) is 44.4 Å². The number of aryl methyl sites for hydroxylation is 1. The topological polar surface area (TPSA) is 0 Å². The second-order valence-electron chi connectivity index (χ2n) is 5.03. The van der Waals surface area contributed by atoms with Gasteiger partial charge in [-0.2, -0.15) is 0 Å². The van der Waals surface area contributed by atoms with Crippen molar-refractivity contribution in [1.82, 2.24) is 0 Å². The van der Waals surface area contributed by atoms with Crippen LogP contribution in [0.4, 0.5) is 0 Å². The normalized spacial score (nSPS) is 13.0. The molecule has 0 heterocycles. The van der Waals surface area contributed by atoms with Crippen molar-refractivity contribution in [3.8, 4) is 0 Å². The van der Waals surface area contributed by atoms with Crippen molar-refractivity contribution < 1.29 is 0 Å². The molecule has 1 aromatic rings. The van der Waals surface area contributed by atoms with E-state index in [9.17, 15) is 0 Å². The van der Waals surface area contributed by atoms with Crippen LogP contribution in [0.25, 0.3) is 0 Å². The van der Waals surface area contributed by atoms with Crippen LogP contribution in [0.3, 0.4) is 0 Å². The largest absolute Gasteiger partial charge is 0.0807 e. The van der Waals surface area contributed by atoms with Crippen molar-refractivity contribution in [2.24, 2.45) is 0 Å². The van der Waals surface area contributed by atoms with Gasteiger partial charge in [-0.3, -0.25) is 0 Å². The molecule has 0 saturated carbocycles. The number of alkyl halides is 2. The van der Waals surface area contributed by atoms with Gasteiger partial charge < -0.3 is 0 Å². The number of rotatable bonds is 2. The average Bonchev–Trinajstić information content (AvgIpc) is 1.99. The fourth-order valence-corrected chi connectivity index (χ4v) is 1.93. The molecule has 0 unspecified atom stereocenters. The van der Waals surface area contributed by atoms with E-state index in [4.69, 9.17) is 0 Å². The molecule has 0 N–H and O–H groups in total. The van der Waals surface area contributed by atoms with Gasteiger partial charge in [0.2, 0.25) is 0 Å². The fraction of sp³-hybridized carbons (Fsp3) is 0.538. The Labute approximate surface area is 110 Å². The molecule has 2 heteroatoms. The summed E-state index contributed by atoms with van der Waals surface area (Å²) in [5.74, 6) is 0. The summed E-state index contributed by atoms with van der Waals surface area (Å²) >= 11 is 7.41. The molecule has 0 amide bonds. The van der Waals surface area contributed by atoms with Crippen LogP contribution in [0, 0.1) is 6.92 Å². The minimum atomic E-state index is 0.0337. The minimum Gasteiger partial charge on any atom is -0.0807 e. The lowest BCUT2D eigenvalue weighted by atomic mass is 9.93. The Morgan fingerprint density at radius 2 is 1.13 bits per heavy atom. The van der Waals surface area contributed by atoms with E-state index in [-0.39, 0.29) is 8.65 Å². The zero-order valence-electron chi connectivity index (χ0n) is 9.99. The van der Waals surface area contributed by atoms with Gasteiger partial charge in [-0.05, 0) is 45.7 Å². The number of halogens is 2. The van der Waals surface area contributed by atoms with E-state index >= 15 is 0 Å². The van der Waals surface area contributed by atoms with Crippen molar-refractivity contribution >= 4 is 31.9 Å². The number of benzene rings is 1. The Kier molecular flexibility index (Phi) is 3.72. The molecule has 84 valence electrons. The number of hydrogen-bond donors (Lipinski definition) is 0. The Hall–Kier alpha value is 0.180. The maximum atomic E-state index is 3.71. The first-order valence-corrected chi connectivity index (χ1v) is 6.70. The highest BCUT2D eigenvalue weighted by Gasteiger charge is 2.21. The summed E-state index contributed by atoms with van der Waals surface area (Å²) in [6.07, 6.45) is 0. The second-order valence-corrected chi connectivity index (χ2v) is 9.00. The smallest absolute Gasteiger partial charge is 0.0450 e. The molecule has 0 radical (unpaired) electrons. The molecule has 0 aliphatic heterocycles. The molecular weight excluding hydrogens is 316 g/mol. The first-order chi connectivity index (χ1) is 6.60. The highest BCUT2D eigenvalue weighted by Crippen LogP contribution is 2.36. The van der Waals surface area contributed by atoms with E-state index < -0.39 is 0 Å². The van der Waals surface area contributed by atoms with Crippen LogP contribution >= 0.6 is 31.9 Å². The van der Waals surface area contributed by atoms with Gasteiger partial charge in [-0.15, -0.1) is 0 Å². The van der Waals surface area contributed by atoms with Gasteiger partial charge >= 0.3 is 0 Å². The Bertz CT molecular complexity index is 322. The summed E-state index contributed by atoms with van der Waals surface area (Å²) in [7, 11) is 0. The highest BCUT2D eigenvalue weighted by molar-refractivity contribution is 9.09. The molecule has 0 atom stereocenters. The third-order valence-corrected chi connectivity index (χ3v) is 3.37. The van der Waals surface area contributed by atoms with E-state index in [0.717, 1.165) is 0 Å². The Balaban J connectivity index is 3.30. The van der Waals surface area contributed by atoms with Gasteiger partial charge in [0, 0.05) is 8.65 Å². The van der Waals surface area contributed by atoms with E-state index in [1.807, 2.05) is 0 Å². The Morgan fingerprint density at radius 3 is 1.40 bits per heavy atom. The van der Waals surface area contributed by atoms with Crippen LogP contribution in [0.2, 0.25) is 0 Å². The highest BCUT2D eigenvalue weighted by atomic mass is 79.9. The van der Waals surface area contributed by atoms with Crippen molar-refractivity contribution in [2.45, 2.75) is 43.3 Å². The molecule has 0 bridgehead atoms. The van der Waals surface area contributed by atoms with E-state index in [0.29, 0.717) is 0 Å². The van der Waals surface area contributed by atoms with Gasteiger partial charge in [0.15, 0.2) is 0 Å². The molecule has 0 aliphatic rings. The average molecular weight is 334 g/mol. The molecular formula is C13H18Br2. The van der Waals surface area contributed by atoms with Gasteiger partial charge in [-0.1, -0.05) is 55.6 Å². The van der Waals surface area contributed by atoms with Crippen molar-refractivity contribution in [2.75, 3.05) is 0 Å². The summed E-state index contributed by atoms with van der Waals surface area (Å²) in [5.41, 5.74) is 3.96. The van der Waals surface area contributed by atoms with Crippen molar-refractivity contribution in [3.63, 3.8) is 0 Å². The van der Waals surface area contributed by atoms with Gasteiger partial charge in [-0.25, -0.2) is 0 Å². The maximum Gasteiger partial charge on any atom is 0.0450 e. The Morgan fingerprint density at radius 1 is 0.800 bits per heavy atom. The van der Waals surface area contributed by atoms with Crippen LogP contribution in [0.15, 0.2) is 18.2 Å². The number of hydrogen-bond acceptors (Lipinski definition) is 0. The van der Waals surface area contributed by atoms with E-state index in [1.165, 1.54) is 16.7 Å². The summed E-state index contributed by atoms with van der Waals surface area (Å²) in [6, 6.07) is 6.73. The summed E-state index contributed by atoms with van der Waals surface area (Å²) in [4.78, 5) is 0. The lowest BCUT2D eigenvalue weighted by Crippen LogP contribution is -2.12. The lowest BCUT2D eigenvalue weighted by Gasteiger charge is -2.23. The van der Waals surface area contributed by atoms with Crippen LogP contribution in [-0.2, 0) is 8.65 Å². The fourth-order valence-electron chi connectivity index (χ4n) is 1.47. The van der Waals surface area contributed by atoms with Crippen LogP contribution in [0.5, 0.6) is 0 Å². The SMILES string of the molecule is Cc1cc(C(C)(C)Br)cc(C(C)(C)Br)c1. The van der Waals surface area contributed by atoms with E-state index in [2.05, 4.69) is 84.7 Å². The van der Waals surface area contributed by atoms with E-state index in [1.54, 1.807) is 0 Å². The summed E-state index contributed by atoms with van der Waals surface area (Å²) < 4.78 is 0.0675. The predicted molar refractivity (Wildman–Crippen MR) is 75.1 cm³/mol. The summed E-state index contributed by atoms with van der Waals surface area (Å²) in [5, 5.41) is 0. The second kappa shape index (κ2) is 4.21. The van der Waals surface area contributed by atoms with Gasteiger partial charge in [0.25, 0.3) is 0 Å². The maximum absolute atomic E-state index is 3.71. The lowest BCUT2D eigenvalue weighted by molar-refractivity contribution is 0.770. The standard InChI is InChI=1S/C13H18Br2/c1-9-6-10(12(2,3)14)8-11(7-9)13(4,5)15/h6-8H,1-5H3. The molecule has 0 nitrogen and oxygen atoms in total. The predicted octanol–water partition coefficient (Wildman–Crippen LogP) is 5.26. The van der Waals surface area contributed by atoms with Crippen LogP contribution < -0.4 is 0 Å². The third kappa shape index (κ3) is 3.60. The molecule has 15 heavy (non-hydrogen) atoms. The first-order valence-electron chi connectivity index (χ1n) is 5.11. The first kappa shape index (κ1) is 13.2. The zero-order valence-corrected chi connectivity index (χ0v) is 13.2. The van der Waals surface area contributed by atoms with Crippen LogP contribution in [-0.4, -0.2) is 0 Å². The molecule has 0 fully saturated rings. The quantitative estimate of drug-likeness (QED) is 0.648. The summed E-state index contributed by atoms with van der Waals surface area (Å²) in [6.45, 7) is 10.8. The molecule has 1 rings (SSSR count). The zero-order chi connectivity index (χ0) is 11.9. The third-order valence-electron chi connectivity index (χ3n) is 2.45. The molecule has 1 aromatic carbocycles. The monoisotopic (exact) mass is 332 g/mol.